The number of hydrogen-bond acceptors (Lipinski definition) is 6. The molecule has 0 bridgehead atoms. The second-order valence-corrected chi connectivity index (χ2v) is 6.34. The molecule has 3 N–H and O–H groups in total. The summed E-state index contributed by atoms with van der Waals surface area (Å²) in [6.07, 6.45) is 4.44. The summed E-state index contributed by atoms with van der Waals surface area (Å²) in [6.45, 7) is 3.32. The van der Waals surface area contributed by atoms with Gasteiger partial charge in [-0.1, -0.05) is 12.1 Å². The Bertz CT molecular complexity index is 784. The maximum absolute atomic E-state index is 12.5. The number of benzene rings is 1. The van der Waals surface area contributed by atoms with E-state index < -0.39 is 0 Å². The number of nitrogens with one attached hydrogen (secondary N) is 1. The minimum absolute atomic E-state index is 0.0494. The van der Waals surface area contributed by atoms with Crippen molar-refractivity contribution in [3.8, 4) is 11.1 Å². The topological polar surface area (TPSA) is 110 Å². The van der Waals surface area contributed by atoms with Gasteiger partial charge in [-0.05, 0) is 37.5 Å². The molecule has 2 amide bonds. The van der Waals surface area contributed by atoms with Gasteiger partial charge < -0.3 is 20.7 Å². The van der Waals surface area contributed by atoms with Crippen LogP contribution in [0.25, 0.3) is 11.1 Å². The van der Waals surface area contributed by atoms with Crippen LogP contribution in [-0.2, 0) is 4.74 Å². The van der Waals surface area contributed by atoms with Gasteiger partial charge in [0.05, 0.1) is 6.61 Å². The van der Waals surface area contributed by atoms with Crippen LogP contribution in [-0.4, -0.2) is 52.6 Å². The van der Waals surface area contributed by atoms with Crippen LogP contribution in [0.2, 0.25) is 0 Å². The molecule has 1 aliphatic rings. The van der Waals surface area contributed by atoms with Crippen molar-refractivity contribution in [2.24, 2.45) is 0 Å². The maximum Gasteiger partial charge on any atom is 0.409 e. The first-order valence-electron chi connectivity index (χ1n) is 8.97. The summed E-state index contributed by atoms with van der Waals surface area (Å²) >= 11 is 0. The number of carbonyl (C=O) groups is 2. The Morgan fingerprint density at radius 3 is 2.37 bits per heavy atom. The molecule has 1 saturated heterocycles. The summed E-state index contributed by atoms with van der Waals surface area (Å²) in [5, 5.41) is 3.03. The Morgan fingerprint density at radius 2 is 1.78 bits per heavy atom. The number of hydrogen-bond donors (Lipinski definition) is 2. The molecule has 0 unspecified atom stereocenters. The van der Waals surface area contributed by atoms with Crippen LogP contribution in [0.5, 0.6) is 0 Å². The highest BCUT2D eigenvalue weighted by Crippen LogP contribution is 2.19. The van der Waals surface area contributed by atoms with E-state index in [1.54, 1.807) is 36.4 Å². The number of likely N-dealkylation sites (tertiary alicyclic amines) is 1. The molecular weight excluding hydrogens is 346 g/mol. The van der Waals surface area contributed by atoms with Gasteiger partial charge in [0.15, 0.2) is 0 Å². The number of amides is 2. The van der Waals surface area contributed by atoms with E-state index in [1.807, 2.05) is 12.1 Å². The van der Waals surface area contributed by atoms with Crippen LogP contribution in [0.3, 0.4) is 0 Å². The first-order valence-corrected chi connectivity index (χ1v) is 8.97. The molecule has 8 nitrogen and oxygen atoms in total. The van der Waals surface area contributed by atoms with Gasteiger partial charge in [0, 0.05) is 42.7 Å². The van der Waals surface area contributed by atoms with Gasteiger partial charge in [0.2, 0.25) is 5.95 Å². The summed E-state index contributed by atoms with van der Waals surface area (Å²) in [5.74, 6) is 0.105. The average Bonchev–Trinajstić information content (AvgIpc) is 2.69. The molecule has 27 heavy (non-hydrogen) atoms. The van der Waals surface area contributed by atoms with Crippen LogP contribution in [0.15, 0.2) is 36.7 Å². The summed E-state index contributed by atoms with van der Waals surface area (Å²) in [5.41, 5.74) is 7.83. The molecule has 1 aromatic carbocycles. The minimum Gasteiger partial charge on any atom is -0.450 e. The van der Waals surface area contributed by atoms with E-state index in [2.05, 4.69) is 15.3 Å². The predicted molar refractivity (Wildman–Crippen MR) is 101 cm³/mol. The fourth-order valence-electron chi connectivity index (χ4n) is 2.99. The lowest BCUT2D eigenvalue weighted by atomic mass is 10.0. The molecule has 0 spiro atoms. The summed E-state index contributed by atoms with van der Waals surface area (Å²) < 4.78 is 5.00. The number of nitrogens with two attached hydrogens (primary N) is 1. The van der Waals surface area contributed by atoms with Crippen LogP contribution in [0, 0.1) is 0 Å². The van der Waals surface area contributed by atoms with Gasteiger partial charge in [-0.2, -0.15) is 0 Å². The number of ether oxygens (including phenoxy) is 1. The lowest BCUT2D eigenvalue weighted by Gasteiger charge is -2.31. The number of piperidine rings is 1. The van der Waals surface area contributed by atoms with Gasteiger partial charge in [-0.3, -0.25) is 4.79 Å². The van der Waals surface area contributed by atoms with Crippen molar-refractivity contribution in [3.63, 3.8) is 0 Å². The Labute approximate surface area is 157 Å². The number of carbonyl (C=O) groups excluding carboxylic acids is 2. The zero-order valence-electron chi connectivity index (χ0n) is 15.2. The summed E-state index contributed by atoms with van der Waals surface area (Å²) in [6, 6.07) is 7.30. The van der Waals surface area contributed by atoms with Gasteiger partial charge >= 0.3 is 6.09 Å². The Morgan fingerprint density at radius 1 is 1.15 bits per heavy atom. The Balaban J connectivity index is 1.54. The van der Waals surface area contributed by atoms with Gasteiger partial charge in [-0.25, -0.2) is 14.8 Å². The van der Waals surface area contributed by atoms with E-state index in [1.165, 1.54) is 0 Å². The molecule has 0 atom stereocenters. The maximum atomic E-state index is 12.5. The lowest BCUT2D eigenvalue weighted by Crippen LogP contribution is -2.46. The third kappa shape index (κ3) is 4.72. The van der Waals surface area contributed by atoms with Crippen molar-refractivity contribution in [1.82, 2.24) is 20.2 Å². The fourth-order valence-corrected chi connectivity index (χ4v) is 2.99. The molecule has 1 fully saturated rings. The molecule has 0 saturated carbocycles. The van der Waals surface area contributed by atoms with E-state index >= 15 is 0 Å². The van der Waals surface area contributed by atoms with Gasteiger partial charge in [-0.15, -0.1) is 0 Å². The average molecular weight is 369 g/mol. The smallest absolute Gasteiger partial charge is 0.409 e. The number of rotatable bonds is 4. The Kier molecular flexibility index (Phi) is 5.85. The van der Waals surface area contributed by atoms with E-state index in [0.29, 0.717) is 38.1 Å². The standard InChI is InChI=1S/C19H23N5O3/c1-2-27-19(26)24-9-7-16(8-10-24)23-17(25)14-5-3-13(4-6-14)15-11-21-18(20)22-12-15/h3-6,11-12,16H,2,7-10H2,1H3,(H,23,25)(H2,20,21,22). The van der Waals surface area contributed by atoms with Crippen molar-refractivity contribution in [3.05, 3.63) is 42.2 Å². The molecule has 2 heterocycles. The van der Waals surface area contributed by atoms with Crippen molar-refractivity contribution in [2.45, 2.75) is 25.8 Å². The van der Waals surface area contributed by atoms with Gasteiger partial charge in [0.1, 0.15) is 0 Å². The van der Waals surface area contributed by atoms with Crippen LogP contribution in [0.1, 0.15) is 30.1 Å². The minimum atomic E-state index is -0.287. The lowest BCUT2D eigenvalue weighted by molar-refractivity contribution is 0.0860. The third-order valence-electron chi connectivity index (χ3n) is 4.51. The van der Waals surface area contributed by atoms with E-state index in [0.717, 1.165) is 11.1 Å². The van der Waals surface area contributed by atoms with Crippen LogP contribution in [0.4, 0.5) is 10.7 Å². The molecule has 2 aromatic rings. The number of aromatic nitrogens is 2. The van der Waals surface area contributed by atoms with Crippen molar-refractivity contribution in [1.29, 1.82) is 0 Å². The highest BCUT2D eigenvalue weighted by atomic mass is 16.6. The van der Waals surface area contributed by atoms with Crippen LogP contribution < -0.4 is 11.1 Å². The molecule has 1 aromatic heterocycles. The zero-order valence-corrected chi connectivity index (χ0v) is 15.2. The first kappa shape index (κ1) is 18.6. The molecule has 142 valence electrons. The normalized spacial score (nSPS) is 14.6. The predicted octanol–water partition coefficient (Wildman–Crippen LogP) is 2.08. The van der Waals surface area contributed by atoms with Crippen molar-refractivity contribution < 1.29 is 14.3 Å². The molecule has 0 radical (unpaired) electrons. The molecule has 8 heteroatoms. The van der Waals surface area contributed by atoms with Crippen molar-refractivity contribution in [2.75, 3.05) is 25.4 Å². The van der Waals surface area contributed by atoms with Crippen molar-refractivity contribution >= 4 is 17.9 Å². The molecule has 0 aliphatic carbocycles. The molecular formula is C19H23N5O3. The van der Waals surface area contributed by atoms with E-state index in [4.69, 9.17) is 10.5 Å². The summed E-state index contributed by atoms with van der Waals surface area (Å²) in [7, 11) is 0. The quantitative estimate of drug-likeness (QED) is 0.854. The third-order valence-corrected chi connectivity index (χ3v) is 4.51. The highest BCUT2D eigenvalue weighted by molar-refractivity contribution is 5.94. The first-order chi connectivity index (χ1) is 13.1. The van der Waals surface area contributed by atoms with Gasteiger partial charge in [0.25, 0.3) is 5.91 Å². The SMILES string of the molecule is CCOC(=O)N1CCC(NC(=O)c2ccc(-c3cnc(N)nc3)cc2)CC1. The Hall–Kier alpha value is -3.16. The monoisotopic (exact) mass is 369 g/mol. The largest absolute Gasteiger partial charge is 0.450 e. The highest BCUT2D eigenvalue weighted by Gasteiger charge is 2.24. The zero-order chi connectivity index (χ0) is 19.2. The van der Waals surface area contributed by atoms with E-state index in [-0.39, 0.29) is 24.0 Å². The van der Waals surface area contributed by atoms with E-state index in [9.17, 15) is 9.59 Å². The second-order valence-electron chi connectivity index (χ2n) is 6.34. The van der Waals surface area contributed by atoms with Crippen LogP contribution >= 0.6 is 0 Å². The molecule has 1 aliphatic heterocycles. The fraction of sp³-hybridized carbons (Fsp3) is 0.368. The number of anilines is 1. The molecule has 3 rings (SSSR count). The number of nitrogens with zero attached hydrogens (tertiary/aromatic N) is 3. The number of nitrogen functional groups attached to an aromatic ring is 1. The second kappa shape index (κ2) is 8.48. The summed E-state index contributed by atoms with van der Waals surface area (Å²) in [4.78, 5) is 33.8.